The van der Waals surface area contributed by atoms with Crippen molar-refractivity contribution in [1.29, 1.82) is 0 Å². The quantitative estimate of drug-likeness (QED) is 0.573. The van der Waals surface area contributed by atoms with Gasteiger partial charge in [-0.1, -0.05) is 24.3 Å². The number of carbonyl (C=O) groups excluding carboxylic acids is 1. The van der Waals surface area contributed by atoms with E-state index in [1.807, 2.05) is 24.3 Å². The van der Waals surface area contributed by atoms with Crippen molar-refractivity contribution < 1.29 is 27.4 Å². The van der Waals surface area contributed by atoms with Crippen LogP contribution in [0.15, 0.2) is 77.7 Å². The molecule has 3 aromatic rings. The average Bonchev–Trinajstić information content (AvgIpc) is 2.86. The Morgan fingerprint density at radius 2 is 1.70 bits per heavy atom. The summed E-state index contributed by atoms with van der Waals surface area (Å²) < 4.78 is 44.0. The van der Waals surface area contributed by atoms with Crippen molar-refractivity contribution >= 4 is 21.6 Å². The van der Waals surface area contributed by atoms with Gasteiger partial charge in [0.25, 0.3) is 15.9 Å². The van der Waals surface area contributed by atoms with Gasteiger partial charge in [-0.05, 0) is 48.5 Å². The number of benzene rings is 3. The summed E-state index contributed by atoms with van der Waals surface area (Å²) >= 11 is 0. The monoisotopic (exact) mass is 468 g/mol. The summed E-state index contributed by atoms with van der Waals surface area (Å²) in [6.07, 6.45) is -0.321. The molecule has 1 heterocycles. The summed E-state index contributed by atoms with van der Waals surface area (Å²) in [6.45, 7) is 0.577. The zero-order valence-corrected chi connectivity index (χ0v) is 19.0. The highest BCUT2D eigenvalue weighted by atomic mass is 32.2. The molecule has 0 aliphatic carbocycles. The Bertz CT molecular complexity index is 1240. The van der Waals surface area contributed by atoms with E-state index in [2.05, 4.69) is 5.32 Å². The van der Waals surface area contributed by atoms with Gasteiger partial charge < -0.3 is 19.5 Å². The molecule has 0 fully saturated rings. The number of hydrogen-bond donors (Lipinski definition) is 1. The predicted molar refractivity (Wildman–Crippen MR) is 124 cm³/mol. The maximum atomic E-state index is 13.1. The zero-order chi connectivity index (χ0) is 23.4. The highest BCUT2D eigenvalue weighted by Gasteiger charge is 2.24. The molecule has 1 N–H and O–H groups in total. The lowest BCUT2D eigenvalue weighted by atomic mass is 10.2. The van der Waals surface area contributed by atoms with E-state index in [0.29, 0.717) is 35.1 Å². The normalized spacial score (nSPS) is 14.9. The molecule has 1 aliphatic heterocycles. The fourth-order valence-electron chi connectivity index (χ4n) is 3.43. The predicted octanol–water partition coefficient (Wildman–Crippen LogP) is 3.09. The smallest absolute Gasteiger partial charge is 0.264 e. The van der Waals surface area contributed by atoms with Crippen LogP contribution in [0.2, 0.25) is 0 Å². The lowest BCUT2D eigenvalue weighted by Crippen LogP contribution is -2.40. The van der Waals surface area contributed by atoms with Crippen molar-refractivity contribution in [1.82, 2.24) is 5.32 Å². The van der Waals surface area contributed by atoms with Crippen LogP contribution in [-0.4, -0.2) is 47.7 Å². The molecule has 0 unspecified atom stereocenters. The number of sulfonamides is 1. The number of hydrogen-bond acceptors (Lipinski definition) is 6. The Hall–Kier alpha value is -3.72. The summed E-state index contributed by atoms with van der Waals surface area (Å²) in [4.78, 5) is 12.6. The molecule has 3 aromatic carbocycles. The minimum atomic E-state index is -3.84. The third-order valence-corrected chi connectivity index (χ3v) is 7.04. The van der Waals surface area contributed by atoms with E-state index in [0.717, 1.165) is 4.31 Å². The molecule has 0 bridgehead atoms. The Kier molecular flexibility index (Phi) is 6.41. The van der Waals surface area contributed by atoms with Crippen molar-refractivity contribution in [3.63, 3.8) is 0 Å². The van der Waals surface area contributed by atoms with E-state index >= 15 is 0 Å². The molecule has 9 heteroatoms. The number of nitrogens with zero attached hydrogens (tertiary/aromatic N) is 1. The number of para-hydroxylation sites is 4. The molecular weight excluding hydrogens is 444 g/mol. The van der Waals surface area contributed by atoms with E-state index in [4.69, 9.17) is 14.2 Å². The number of amides is 1. The van der Waals surface area contributed by atoms with Gasteiger partial charge in [0.2, 0.25) is 0 Å². The van der Waals surface area contributed by atoms with Crippen molar-refractivity contribution in [2.45, 2.75) is 11.0 Å². The number of anilines is 1. The average molecular weight is 469 g/mol. The molecule has 1 atom stereocenters. The lowest BCUT2D eigenvalue weighted by Gasteiger charge is -2.26. The molecule has 1 aliphatic rings. The van der Waals surface area contributed by atoms with Gasteiger partial charge in [0.15, 0.2) is 11.5 Å². The van der Waals surface area contributed by atoms with Crippen LogP contribution in [-0.2, 0) is 10.0 Å². The van der Waals surface area contributed by atoms with Gasteiger partial charge in [-0.2, -0.15) is 0 Å². The summed E-state index contributed by atoms with van der Waals surface area (Å²) in [5.41, 5.74) is 0.754. The second-order valence-corrected chi connectivity index (χ2v) is 9.35. The van der Waals surface area contributed by atoms with Gasteiger partial charge in [-0.15, -0.1) is 0 Å². The third kappa shape index (κ3) is 4.73. The van der Waals surface area contributed by atoms with Crippen molar-refractivity contribution in [2.75, 3.05) is 31.6 Å². The third-order valence-electron chi connectivity index (χ3n) is 5.26. The summed E-state index contributed by atoms with van der Waals surface area (Å²) in [5.74, 6) is 1.42. The van der Waals surface area contributed by atoms with E-state index < -0.39 is 10.0 Å². The molecule has 1 amide bonds. The molecule has 172 valence electrons. The first-order valence-corrected chi connectivity index (χ1v) is 11.7. The van der Waals surface area contributed by atoms with Gasteiger partial charge in [-0.25, -0.2) is 8.42 Å². The van der Waals surface area contributed by atoms with Gasteiger partial charge in [0.1, 0.15) is 18.5 Å². The first-order chi connectivity index (χ1) is 15.9. The standard InChI is InChI=1S/C24H24N2O6S/c1-26(20-7-3-4-8-21(20)30-2)33(28,29)19-13-11-17(12-14-19)24(27)25-15-18-16-31-22-9-5-6-10-23(22)32-18/h3-14,18H,15-16H2,1-2H3,(H,25,27)/t18-/m1/s1. The first-order valence-electron chi connectivity index (χ1n) is 10.3. The van der Waals surface area contributed by atoms with Crippen LogP contribution < -0.4 is 23.8 Å². The molecule has 0 aromatic heterocycles. The van der Waals surface area contributed by atoms with Gasteiger partial charge in [-0.3, -0.25) is 9.10 Å². The summed E-state index contributed by atoms with van der Waals surface area (Å²) in [5, 5.41) is 2.80. The van der Waals surface area contributed by atoms with Crippen LogP contribution in [0.3, 0.4) is 0 Å². The number of nitrogens with one attached hydrogen (secondary N) is 1. The van der Waals surface area contributed by atoms with Gasteiger partial charge in [0, 0.05) is 12.6 Å². The van der Waals surface area contributed by atoms with E-state index in [-0.39, 0.29) is 23.5 Å². The Morgan fingerprint density at radius 3 is 2.42 bits per heavy atom. The first kappa shape index (κ1) is 22.5. The van der Waals surface area contributed by atoms with Crippen molar-refractivity contribution in [3.05, 3.63) is 78.4 Å². The number of fused-ring (bicyclic) bond motifs is 1. The molecular formula is C24H24N2O6S. The van der Waals surface area contributed by atoms with E-state index in [1.54, 1.807) is 24.3 Å². The molecule has 0 radical (unpaired) electrons. The van der Waals surface area contributed by atoms with Crippen LogP contribution in [0.4, 0.5) is 5.69 Å². The molecule has 0 saturated heterocycles. The highest BCUT2D eigenvalue weighted by Crippen LogP contribution is 2.31. The Balaban J connectivity index is 1.41. The van der Waals surface area contributed by atoms with Crippen LogP contribution in [0, 0.1) is 0 Å². The van der Waals surface area contributed by atoms with E-state index in [1.165, 1.54) is 38.4 Å². The summed E-state index contributed by atoms with van der Waals surface area (Å²) in [7, 11) is -0.901. The number of rotatable bonds is 7. The molecule has 0 saturated carbocycles. The second-order valence-electron chi connectivity index (χ2n) is 7.38. The molecule has 4 rings (SSSR count). The number of methoxy groups -OCH3 is 1. The van der Waals surface area contributed by atoms with Gasteiger partial charge in [0.05, 0.1) is 24.2 Å². The lowest BCUT2D eigenvalue weighted by molar-refractivity contribution is 0.0789. The fourth-order valence-corrected chi connectivity index (χ4v) is 4.63. The summed E-state index contributed by atoms with van der Waals surface area (Å²) in [6, 6.07) is 20.0. The zero-order valence-electron chi connectivity index (χ0n) is 18.2. The SMILES string of the molecule is COc1ccccc1N(C)S(=O)(=O)c1ccc(C(=O)NC[C@@H]2COc3ccccc3O2)cc1. The molecule has 0 spiro atoms. The Labute approximate surface area is 192 Å². The Morgan fingerprint density at radius 1 is 1.03 bits per heavy atom. The van der Waals surface area contributed by atoms with Crippen LogP contribution in [0.25, 0.3) is 0 Å². The van der Waals surface area contributed by atoms with Crippen LogP contribution in [0.1, 0.15) is 10.4 Å². The van der Waals surface area contributed by atoms with Crippen molar-refractivity contribution in [3.8, 4) is 17.2 Å². The number of carbonyl (C=O) groups is 1. The van der Waals surface area contributed by atoms with Crippen LogP contribution in [0.5, 0.6) is 17.2 Å². The minimum Gasteiger partial charge on any atom is -0.495 e. The fraction of sp³-hybridized carbons (Fsp3) is 0.208. The molecule has 33 heavy (non-hydrogen) atoms. The highest BCUT2D eigenvalue weighted by molar-refractivity contribution is 7.92. The van der Waals surface area contributed by atoms with Crippen LogP contribution >= 0.6 is 0 Å². The topological polar surface area (TPSA) is 94.2 Å². The maximum absolute atomic E-state index is 13.1. The minimum absolute atomic E-state index is 0.0630. The van der Waals surface area contributed by atoms with E-state index in [9.17, 15) is 13.2 Å². The second kappa shape index (κ2) is 9.41. The largest absolute Gasteiger partial charge is 0.495 e. The number of ether oxygens (including phenoxy) is 3. The van der Waals surface area contributed by atoms with Crippen molar-refractivity contribution in [2.24, 2.45) is 0 Å². The van der Waals surface area contributed by atoms with Gasteiger partial charge >= 0.3 is 0 Å². The maximum Gasteiger partial charge on any atom is 0.264 e. The molecule has 8 nitrogen and oxygen atoms in total.